The third-order valence-corrected chi connectivity index (χ3v) is 3.88. The number of rotatable bonds is 5. The van der Waals surface area contributed by atoms with Gasteiger partial charge in [-0.2, -0.15) is 5.10 Å². The molecule has 0 aliphatic carbocycles. The topological polar surface area (TPSA) is 93.5 Å². The Labute approximate surface area is 127 Å². The molecule has 2 aliphatic heterocycles. The molecule has 0 saturated carbocycles. The van der Waals surface area contributed by atoms with Crippen LogP contribution in [0.2, 0.25) is 0 Å². The van der Waals surface area contributed by atoms with Crippen LogP contribution in [-0.4, -0.2) is 52.1 Å². The molecule has 3 heterocycles. The molecule has 0 radical (unpaired) electrons. The molecule has 1 aromatic heterocycles. The number of hydrogen-bond donors (Lipinski definition) is 1. The molecule has 1 aromatic rings. The minimum atomic E-state index is -0.326. The number of aromatic nitrogens is 2. The van der Waals surface area contributed by atoms with Crippen molar-refractivity contribution in [1.29, 1.82) is 0 Å². The number of nitrogens with one attached hydrogen (secondary N) is 1. The summed E-state index contributed by atoms with van der Waals surface area (Å²) in [4.78, 5) is 35.7. The number of carbonyl (C=O) groups is 3. The first-order valence-electron chi connectivity index (χ1n) is 7.36. The number of imide groups is 1. The Hall–Kier alpha value is -2.22. The summed E-state index contributed by atoms with van der Waals surface area (Å²) < 4.78 is 7.22. The lowest BCUT2D eigenvalue weighted by molar-refractivity contribution is -0.142. The Kier molecular flexibility index (Phi) is 4.19. The highest BCUT2D eigenvalue weighted by Gasteiger charge is 2.30. The van der Waals surface area contributed by atoms with Crippen LogP contribution in [0.3, 0.4) is 0 Å². The van der Waals surface area contributed by atoms with E-state index in [1.807, 2.05) is 4.68 Å². The maximum absolute atomic E-state index is 11.8. The van der Waals surface area contributed by atoms with Crippen LogP contribution >= 0.6 is 0 Å². The van der Waals surface area contributed by atoms with Crippen LogP contribution in [0, 0.1) is 0 Å². The fourth-order valence-electron chi connectivity index (χ4n) is 2.70. The number of hydrogen-bond acceptors (Lipinski definition) is 5. The third kappa shape index (κ3) is 3.01. The van der Waals surface area contributed by atoms with Crippen molar-refractivity contribution >= 4 is 17.7 Å². The van der Waals surface area contributed by atoms with Gasteiger partial charge in [-0.05, 0) is 0 Å². The van der Waals surface area contributed by atoms with Gasteiger partial charge in [-0.25, -0.2) is 0 Å². The summed E-state index contributed by atoms with van der Waals surface area (Å²) in [5, 5.41) is 7.01. The lowest BCUT2D eigenvalue weighted by atomic mass is 10.2. The van der Waals surface area contributed by atoms with E-state index in [1.54, 1.807) is 6.20 Å². The molecular weight excluding hydrogens is 288 g/mol. The summed E-state index contributed by atoms with van der Waals surface area (Å²) in [6, 6.07) is 0. The van der Waals surface area contributed by atoms with E-state index in [2.05, 4.69) is 10.4 Å². The molecule has 1 saturated heterocycles. The molecule has 3 rings (SSSR count). The van der Waals surface area contributed by atoms with E-state index in [0.717, 1.165) is 22.6 Å². The van der Waals surface area contributed by atoms with Gasteiger partial charge in [-0.3, -0.25) is 24.0 Å². The van der Waals surface area contributed by atoms with E-state index >= 15 is 0 Å². The Morgan fingerprint density at radius 1 is 1.27 bits per heavy atom. The molecule has 8 nitrogen and oxygen atoms in total. The second-order valence-corrected chi connectivity index (χ2v) is 5.37. The summed E-state index contributed by atoms with van der Waals surface area (Å²) in [5.74, 6) is -0.879. The fourth-order valence-corrected chi connectivity index (χ4v) is 2.70. The van der Waals surface area contributed by atoms with Gasteiger partial charge in [0.1, 0.15) is 6.54 Å². The minimum absolute atomic E-state index is 0.192. The Morgan fingerprint density at radius 3 is 2.82 bits per heavy atom. The van der Waals surface area contributed by atoms with Crippen LogP contribution in [0.15, 0.2) is 6.20 Å². The zero-order valence-electron chi connectivity index (χ0n) is 12.2. The maximum atomic E-state index is 11.8. The van der Waals surface area contributed by atoms with Crippen molar-refractivity contribution in [3.05, 3.63) is 17.5 Å². The van der Waals surface area contributed by atoms with Crippen molar-refractivity contribution in [3.63, 3.8) is 0 Å². The van der Waals surface area contributed by atoms with Gasteiger partial charge in [0.05, 0.1) is 26.0 Å². The summed E-state index contributed by atoms with van der Waals surface area (Å²) in [6.45, 7) is 2.04. The van der Waals surface area contributed by atoms with Crippen molar-refractivity contribution in [2.75, 3.05) is 19.7 Å². The molecule has 2 aliphatic rings. The molecule has 1 fully saturated rings. The van der Waals surface area contributed by atoms with Gasteiger partial charge < -0.3 is 10.1 Å². The van der Waals surface area contributed by atoms with E-state index in [0.29, 0.717) is 26.3 Å². The Balaban J connectivity index is 1.47. The minimum Gasteiger partial charge on any atom is -0.376 e. The monoisotopic (exact) mass is 306 g/mol. The second kappa shape index (κ2) is 6.27. The first kappa shape index (κ1) is 14.7. The number of nitrogens with zero attached hydrogens (tertiary/aromatic N) is 3. The summed E-state index contributed by atoms with van der Waals surface area (Å²) in [6.07, 6.45) is 3.01. The van der Waals surface area contributed by atoms with Crippen LogP contribution in [0.25, 0.3) is 0 Å². The number of carbonyl (C=O) groups excluding carboxylic acids is 3. The lowest BCUT2D eigenvalue weighted by Crippen LogP contribution is -2.41. The smallest absolute Gasteiger partial charge is 0.240 e. The standard InChI is InChI=1S/C14H18N4O4/c19-12(8-17-13(20)1-2-14(17)21)15-4-5-18-11-3-6-22-9-10(11)7-16-18/h7H,1-6,8-9H2,(H,15,19). The fraction of sp³-hybridized carbons (Fsp3) is 0.571. The van der Waals surface area contributed by atoms with Gasteiger partial charge in [-0.15, -0.1) is 0 Å². The SMILES string of the molecule is O=C(CN1C(=O)CCC1=O)NCCn1ncc2c1CCOC2. The molecule has 3 amide bonds. The predicted molar refractivity (Wildman–Crippen MR) is 74.6 cm³/mol. The van der Waals surface area contributed by atoms with Gasteiger partial charge in [0.15, 0.2) is 0 Å². The molecule has 0 bridgehead atoms. The van der Waals surface area contributed by atoms with Crippen LogP contribution < -0.4 is 5.32 Å². The van der Waals surface area contributed by atoms with E-state index in [9.17, 15) is 14.4 Å². The summed E-state index contributed by atoms with van der Waals surface area (Å²) >= 11 is 0. The van der Waals surface area contributed by atoms with Crippen molar-refractivity contribution in [2.45, 2.75) is 32.4 Å². The number of amides is 3. The normalized spacial score (nSPS) is 17.7. The predicted octanol–water partition coefficient (Wildman–Crippen LogP) is -0.779. The van der Waals surface area contributed by atoms with Crippen molar-refractivity contribution in [3.8, 4) is 0 Å². The quantitative estimate of drug-likeness (QED) is 0.720. The van der Waals surface area contributed by atoms with Crippen LogP contribution in [0.4, 0.5) is 0 Å². The molecule has 0 unspecified atom stereocenters. The first-order chi connectivity index (χ1) is 10.6. The second-order valence-electron chi connectivity index (χ2n) is 5.37. The first-order valence-corrected chi connectivity index (χ1v) is 7.36. The van der Waals surface area contributed by atoms with Crippen LogP contribution in [0.5, 0.6) is 0 Å². The lowest BCUT2D eigenvalue weighted by Gasteiger charge is -2.16. The highest BCUT2D eigenvalue weighted by atomic mass is 16.5. The molecule has 0 aromatic carbocycles. The molecule has 1 N–H and O–H groups in total. The molecule has 22 heavy (non-hydrogen) atoms. The van der Waals surface area contributed by atoms with Gasteiger partial charge in [0, 0.05) is 37.1 Å². The third-order valence-electron chi connectivity index (χ3n) is 3.88. The van der Waals surface area contributed by atoms with Gasteiger partial charge >= 0.3 is 0 Å². The zero-order valence-corrected chi connectivity index (χ0v) is 12.2. The molecule has 8 heteroatoms. The molecule has 118 valence electrons. The van der Waals surface area contributed by atoms with E-state index in [4.69, 9.17) is 4.74 Å². The van der Waals surface area contributed by atoms with Crippen molar-refractivity contribution < 1.29 is 19.1 Å². The van der Waals surface area contributed by atoms with Gasteiger partial charge in [0.2, 0.25) is 17.7 Å². The average molecular weight is 306 g/mol. The number of ether oxygens (including phenoxy) is 1. The van der Waals surface area contributed by atoms with E-state index in [1.165, 1.54) is 0 Å². The molecule has 0 spiro atoms. The Morgan fingerprint density at radius 2 is 2.05 bits per heavy atom. The summed E-state index contributed by atoms with van der Waals surface area (Å²) in [5.41, 5.74) is 2.23. The van der Waals surface area contributed by atoms with Crippen LogP contribution in [0.1, 0.15) is 24.1 Å². The number of fused-ring (bicyclic) bond motifs is 1. The summed E-state index contributed by atoms with van der Waals surface area (Å²) in [7, 11) is 0. The highest BCUT2D eigenvalue weighted by molar-refractivity contribution is 6.04. The highest BCUT2D eigenvalue weighted by Crippen LogP contribution is 2.15. The Bertz CT molecular complexity index is 594. The largest absolute Gasteiger partial charge is 0.376 e. The van der Waals surface area contributed by atoms with Crippen molar-refractivity contribution in [2.24, 2.45) is 0 Å². The number of likely N-dealkylation sites (tertiary alicyclic amines) is 1. The van der Waals surface area contributed by atoms with Gasteiger partial charge in [0.25, 0.3) is 0 Å². The average Bonchev–Trinajstić information content (AvgIpc) is 3.06. The van der Waals surface area contributed by atoms with Crippen LogP contribution in [-0.2, 0) is 38.7 Å². The molecule has 0 atom stereocenters. The van der Waals surface area contributed by atoms with Gasteiger partial charge in [-0.1, -0.05) is 0 Å². The van der Waals surface area contributed by atoms with E-state index in [-0.39, 0.29) is 37.1 Å². The molecular formula is C14H18N4O4. The maximum Gasteiger partial charge on any atom is 0.240 e. The van der Waals surface area contributed by atoms with Crippen molar-refractivity contribution in [1.82, 2.24) is 20.0 Å². The zero-order chi connectivity index (χ0) is 15.5. The van der Waals surface area contributed by atoms with E-state index < -0.39 is 0 Å².